The molecule has 2 aromatic heterocycles. The third kappa shape index (κ3) is 2.96. The topological polar surface area (TPSA) is 110 Å². The Kier molecular flexibility index (Phi) is 4.52. The van der Waals surface area contributed by atoms with Crippen LogP contribution in [0.4, 0.5) is 5.69 Å². The number of H-pyrrole nitrogens is 1. The van der Waals surface area contributed by atoms with E-state index in [1.54, 1.807) is 25.1 Å². The minimum absolute atomic E-state index is 0. The molecule has 22 heavy (non-hydrogen) atoms. The average molecular weight is 321 g/mol. The van der Waals surface area contributed by atoms with Crippen molar-refractivity contribution in [3.63, 3.8) is 0 Å². The Balaban J connectivity index is 0.00000176. The Bertz CT molecular complexity index is 784. The fourth-order valence-electron chi connectivity index (χ4n) is 1.79. The van der Waals surface area contributed by atoms with Gasteiger partial charge >= 0.3 is 0 Å². The van der Waals surface area contributed by atoms with Crippen LogP contribution in [-0.4, -0.2) is 31.7 Å². The van der Waals surface area contributed by atoms with Crippen molar-refractivity contribution < 1.29 is 9.32 Å². The number of nitrogens with zero attached hydrogens (tertiary/aromatic N) is 4. The first kappa shape index (κ1) is 15.6. The number of anilines is 1. The summed E-state index contributed by atoms with van der Waals surface area (Å²) in [5.41, 5.74) is 1.90. The van der Waals surface area contributed by atoms with Gasteiger partial charge in [0.2, 0.25) is 5.82 Å². The van der Waals surface area contributed by atoms with Gasteiger partial charge in [-0.3, -0.25) is 4.79 Å². The van der Waals surface area contributed by atoms with Crippen LogP contribution in [0.3, 0.4) is 0 Å². The Hall–Kier alpha value is -2.74. The lowest BCUT2D eigenvalue weighted by Gasteiger charge is -2.08. The Morgan fingerprint density at radius 3 is 2.86 bits per heavy atom. The summed E-state index contributed by atoms with van der Waals surface area (Å²) in [5, 5.41) is 20.5. The van der Waals surface area contributed by atoms with E-state index >= 15 is 0 Å². The highest BCUT2D eigenvalue weighted by Crippen LogP contribution is 2.28. The standard InChI is InChI=1S/C12H9ClN6O2.CH4/c1-6-9(5-21-17-6)12(20)14-10-4-7(13)2-3-8(10)11-15-18-19-16-11;/h2-5H,1H3,(H,14,20)(H,15,16,18,19);1H4. The first-order chi connectivity index (χ1) is 10.1. The summed E-state index contributed by atoms with van der Waals surface area (Å²) in [6.45, 7) is 1.68. The molecule has 1 aromatic carbocycles. The van der Waals surface area contributed by atoms with E-state index in [2.05, 4.69) is 31.1 Å². The zero-order valence-corrected chi connectivity index (χ0v) is 11.5. The second kappa shape index (κ2) is 6.35. The van der Waals surface area contributed by atoms with Crippen molar-refractivity contribution in [1.29, 1.82) is 0 Å². The van der Waals surface area contributed by atoms with Crippen LogP contribution >= 0.6 is 11.6 Å². The van der Waals surface area contributed by atoms with Crippen molar-refractivity contribution in [2.45, 2.75) is 14.4 Å². The van der Waals surface area contributed by atoms with E-state index in [1.807, 2.05) is 0 Å². The molecule has 0 radical (unpaired) electrons. The summed E-state index contributed by atoms with van der Waals surface area (Å²) in [6, 6.07) is 4.98. The molecule has 0 aliphatic carbocycles. The summed E-state index contributed by atoms with van der Waals surface area (Å²) in [5.74, 6) is -0.00947. The molecule has 0 saturated carbocycles. The van der Waals surface area contributed by atoms with Gasteiger partial charge in [-0.2, -0.15) is 5.21 Å². The number of hydrogen-bond acceptors (Lipinski definition) is 6. The van der Waals surface area contributed by atoms with Crippen molar-refractivity contribution in [2.75, 3.05) is 5.32 Å². The summed E-state index contributed by atoms with van der Waals surface area (Å²) in [4.78, 5) is 12.2. The molecule has 3 rings (SSSR count). The molecule has 3 aromatic rings. The SMILES string of the molecule is C.Cc1nocc1C(=O)Nc1cc(Cl)ccc1-c1nn[nH]n1. The van der Waals surface area contributed by atoms with E-state index in [-0.39, 0.29) is 13.3 Å². The highest BCUT2D eigenvalue weighted by molar-refractivity contribution is 6.31. The zero-order valence-electron chi connectivity index (χ0n) is 10.8. The van der Waals surface area contributed by atoms with Gasteiger partial charge in [-0.15, -0.1) is 10.2 Å². The maximum atomic E-state index is 12.2. The number of carbonyl (C=O) groups is 1. The van der Waals surface area contributed by atoms with E-state index in [0.717, 1.165) is 0 Å². The number of carbonyl (C=O) groups excluding carboxylic acids is 1. The summed E-state index contributed by atoms with van der Waals surface area (Å²) >= 11 is 5.97. The van der Waals surface area contributed by atoms with Gasteiger partial charge in [0.1, 0.15) is 11.8 Å². The lowest BCUT2D eigenvalue weighted by atomic mass is 10.1. The number of rotatable bonds is 3. The highest BCUT2D eigenvalue weighted by atomic mass is 35.5. The predicted octanol–water partition coefficient (Wildman–Crippen LogP) is 2.70. The Morgan fingerprint density at radius 1 is 1.41 bits per heavy atom. The Morgan fingerprint density at radius 2 is 2.23 bits per heavy atom. The quantitative estimate of drug-likeness (QED) is 0.767. The van der Waals surface area contributed by atoms with Crippen LogP contribution in [0.25, 0.3) is 11.4 Å². The van der Waals surface area contributed by atoms with Crippen LogP contribution in [0.15, 0.2) is 29.0 Å². The number of halogens is 1. The van der Waals surface area contributed by atoms with E-state index in [1.165, 1.54) is 6.26 Å². The van der Waals surface area contributed by atoms with E-state index in [4.69, 9.17) is 16.1 Å². The van der Waals surface area contributed by atoms with Crippen molar-refractivity contribution in [3.05, 3.63) is 40.7 Å². The maximum absolute atomic E-state index is 12.2. The fourth-order valence-corrected chi connectivity index (χ4v) is 1.96. The third-order valence-electron chi connectivity index (χ3n) is 2.81. The molecule has 2 N–H and O–H groups in total. The van der Waals surface area contributed by atoms with Gasteiger partial charge in [0, 0.05) is 10.6 Å². The van der Waals surface area contributed by atoms with Gasteiger partial charge in [0.15, 0.2) is 0 Å². The molecule has 0 fully saturated rings. The molecule has 8 nitrogen and oxygen atoms in total. The molecule has 0 bridgehead atoms. The lowest BCUT2D eigenvalue weighted by Crippen LogP contribution is -2.13. The van der Waals surface area contributed by atoms with Crippen LogP contribution in [-0.2, 0) is 0 Å². The minimum atomic E-state index is -0.360. The van der Waals surface area contributed by atoms with Crippen molar-refractivity contribution in [2.24, 2.45) is 0 Å². The molecule has 2 heterocycles. The van der Waals surface area contributed by atoms with Crippen LogP contribution in [0, 0.1) is 6.92 Å². The maximum Gasteiger partial charge on any atom is 0.260 e. The van der Waals surface area contributed by atoms with E-state index in [0.29, 0.717) is 33.4 Å². The molecule has 0 atom stereocenters. The number of amides is 1. The number of hydrogen-bond donors (Lipinski definition) is 2. The third-order valence-corrected chi connectivity index (χ3v) is 3.05. The van der Waals surface area contributed by atoms with Gasteiger partial charge in [0.25, 0.3) is 5.91 Å². The number of nitrogens with one attached hydrogen (secondary N) is 2. The summed E-state index contributed by atoms with van der Waals surface area (Å²) in [7, 11) is 0. The van der Waals surface area contributed by atoms with Gasteiger partial charge in [-0.05, 0) is 30.3 Å². The zero-order chi connectivity index (χ0) is 14.8. The molecule has 0 aliphatic heterocycles. The smallest absolute Gasteiger partial charge is 0.260 e. The van der Waals surface area contributed by atoms with Crippen LogP contribution in [0.5, 0.6) is 0 Å². The van der Waals surface area contributed by atoms with Crippen molar-refractivity contribution in [3.8, 4) is 11.4 Å². The summed E-state index contributed by atoms with van der Waals surface area (Å²) in [6.07, 6.45) is 1.28. The van der Waals surface area contributed by atoms with Crippen molar-refractivity contribution in [1.82, 2.24) is 25.8 Å². The van der Waals surface area contributed by atoms with Crippen molar-refractivity contribution >= 4 is 23.2 Å². The highest BCUT2D eigenvalue weighted by Gasteiger charge is 2.16. The lowest BCUT2D eigenvalue weighted by molar-refractivity contribution is 0.102. The van der Waals surface area contributed by atoms with Crippen LogP contribution in [0.2, 0.25) is 5.02 Å². The molecule has 114 valence electrons. The second-order valence-corrected chi connectivity index (χ2v) is 4.63. The largest absolute Gasteiger partial charge is 0.364 e. The number of benzene rings is 1. The van der Waals surface area contributed by atoms with E-state index < -0.39 is 0 Å². The first-order valence-corrected chi connectivity index (χ1v) is 6.28. The van der Waals surface area contributed by atoms with Crippen LogP contribution in [0.1, 0.15) is 23.5 Å². The minimum Gasteiger partial charge on any atom is -0.364 e. The average Bonchev–Trinajstić information content (AvgIpc) is 3.10. The molecule has 1 amide bonds. The Labute approximate surface area is 130 Å². The van der Waals surface area contributed by atoms with Gasteiger partial charge in [0.05, 0.1) is 11.4 Å². The first-order valence-electron chi connectivity index (χ1n) is 5.91. The van der Waals surface area contributed by atoms with Gasteiger partial charge in [-0.1, -0.05) is 24.2 Å². The molecule has 9 heteroatoms. The molecular weight excluding hydrogens is 308 g/mol. The number of tetrazole rings is 1. The monoisotopic (exact) mass is 320 g/mol. The van der Waals surface area contributed by atoms with E-state index in [9.17, 15) is 4.79 Å². The molecule has 0 unspecified atom stereocenters. The molecular formula is C13H13ClN6O2. The second-order valence-electron chi connectivity index (χ2n) is 4.19. The van der Waals surface area contributed by atoms with Crippen LogP contribution < -0.4 is 5.32 Å². The number of aromatic nitrogens is 5. The number of aromatic amines is 1. The van der Waals surface area contributed by atoms with Gasteiger partial charge < -0.3 is 9.84 Å². The molecule has 0 spiro atoms. The van der Waals surface area contributed by atoms with Gasteiger partial charge in [-0.25, -0.2) is 0 Å². The normalized spacial score (nSPS) is 10.1. The predicted molar refractivity (Wildman–Crippen MR) is 80.5 cm³/mol. The molecule has 0 aliphatic rings. The number of aryl methyl sites for hydroxylation is 1. The summed E-state index contributed by atoms with van der Waals surface area (Å²) < 4.78 is 4.75. The fraction of sp³-hybridized carbons (Fsp3) is 0.154. The molecule has 0 saturated heterocycles.